The highest BCUT2D eigenvalue weighted by Crippen LogP contribution is 2.30. The van der Waals surface area contributed by atoms with Gasteiger partial charge < -0.3 is 15.0 Å². The molecule has 9 heteroatoms. The molecule has 0 aliphatic rings. The van der Waals surface area contributed by atoms with E-state index < -0.39 is 10.9 Å². The van der Waals surface area contributed by atoms with Crippen LogP contribution in [0, 0.1) is 32.8 Å². The van der Waals surface area contributed by atoms with Gasteiger partial charge in [0.15, 0.2) is 0 Å². The second-order valence-electron chi connectivity index (χ2n) is 6.26. The molecule has 0 spiro atoms. The number of anilines is 2. The molecule has 0 atom stereocenters. The third-order valence-electron chi connectivity index (χ3n) is 4.51. The van der Waals surface area contributed by atoms with E-state index in [4.69, 9.17) is 15.3 Å². The van der Waals surface area contributed by atoms with Crippen LogP contribution >= 0.6 is 0 Å². The lowest BCUT2D eigenvalue weighted by atomic mass is 10.1. The number of nitrogens with one attached hydrogen (secondary N) is 1. The van der Waals surface area contributed by atoms with Gasteiger partial charge in [-0.1, -0.05) is 13.8 Å². The normalized spacial score (nSPS) is 10.2. The molecule has 9 nitrogen and oxygen atoms in total. The number of likely N-dealkylation sites (N-methyl/N-ethyl adjacent to an activating group) is 1. The van der Waals surface area contributed by atoms with Crippen molar-refractivity contribution in [3.8, 4) is 12.1 Å². The van der Waals surface area contributed by atoms with Crippen LogP contribution in [-0.2, 0) is 4.74 Å². The van der Waals surface area contributed by atoms with Crippen LogP contribution in [-0.4, -0.2) is 42.0 Å². The highest BCUT2D eigenvalue weighted by Gasteiger charge is 2.19. The summed E-state index contributed by atoms with van der Waals surface area (Å²) in [4.78, 5) is 25.0. The Balaban J connectivity index is 2.13. The molecule has 0 unspecified atom stereocenters. The van der Waals surface area contributed by atoms with Crippen molar-refractivity contribution < 1.29 is 14.5 Å². The third kappa shape index (κ3) is 5.53. The van der Waals surface area contributed by atoms with Gasteiger partial charge in [0.05, 0.1) is 21.6 Å². The van der Waals surface area contributed by atoms with Gasteiger partial charge in [0, 0.05) is 18.3 Å². The molecule has 0 aromatic heterocycles. The molecule has 0 radical (unpaired) electrons. The fourth-order valence-electron chi connectivity index (χ4n) is 2.76. The van der Waals surface area contributed by atoms with Crippen molar-refractivity contribution in [3.05, 3.63) is 63.2 Å². The quantitative estimate of drug-likeness (QED) is 0.379. The van der Waals surface area contributed by atoms with E-state index in [9.17, 15) is 14.9 Å². The molecule has 0 saturated carbocycles. The fourth-order valence-corrected chi connectivity index (χ4v) is 2.76. The third-order valence-corrected chi connectivity index (χ3v) is 4.51. The number of nitrogens with zero attached hydrogens (tertiary/aromatic N) is 4. The maximum Gasteiger partial charge on any atom is 0.338 e. The summed E-state index contributed by atoms with van der Waals surface area (Å²) in [6.07, 6.45) is 0. The monoisotopic (exact) mass is 407 g/mol. The lowest BCUT2D eigenvalue weighted by Crippen LogP contribution is -2.27. The van der Waals surface area contributed by atoms with Crippen LogP contribution in [0.5, 0.6) is 0 Å². The van der Waals surface area contributed by atoms with Crippen LogP contribution in [0.2, 0.25) is 0 Å². The van der Waals surface area contributed by atoms with Crippen molar-refractivity contribution in [3.63, 3.8) is 0 Å². The van der Waals surface area contributed by atoms with Crippen molar-refractivity contribution in [1.29, 1.82) is 10.5 Å². The first-order chi connectivity index (χ1) is 14.4. The molecule has 0 heterocycles. The molecule has 0 bridgehead atoms. The van der Waals surface area contributed by atoms with E-state index >= 15 is 0 Å². The number of nitro benzene ring substituents is 1. The van der Waals surface area contributed by atoms with Gasteiger partial charge in [-0.05, 0) is 43.4 Å². The van der Waals surface area contributed by atoms with E-state index in [0.717, 1.165) is 19.2 Å². The molecular formula is C21H21N5O4. The van der Waals surface area contributed by atoms with Crippen molar-refractivity contribution in [2.75, 3.05) is 31.6 Å². The summed E-state index contributed by atoms with van der Waals surface area (Å²) in [6.45, 7) is 6.77. The molecule has 30 heavy (non-hydrogen) atoms. The Morgan fingerprint density at radius 1 is 1.13 bits per heavy atom. The molecule has 0 aliphatic carbocycles. The Morgan fingerprint density at radius 2 is 1.73 bits per heavy atom. The van der Waals surface area contributed by atoms with E-state index in [1.165, 1.54) is 6.07 Å². The maximum absolute atomic E-state index is 12.2. The highest BCUT2D eigenvalue weighted by atomic mass is 16.6. The number of benzene rings is 2. The zero-order valence-corrected chi connectivity index (χ0v) is 16.7. The Labute approximate surface area is 174 Å². The number of carbonyl (C=O) groups excluding carboxylic acids is 1. The predicted molar refractivity (Wildman–Crippen MR) is 110 cm³/mol. The first kappa shape index (κ1) is 22.3. The number of hydrogen-bond donors (Lipinski definition) is 1. The molecule has 0 amide bonds. The molecule has 2 aromatic carbocycles. The molecule has 154 valence electrons. The van der Waals surface area contributed by atoms with E-state index in [0.29, 0.717) is 17.8 Å². The fraction of sp³-hybridized carbons (Fsp3) is 0.286. The number of rotatable bonds is 9. The lowest BCUT2D eigenvalue weighted by molar-refractivity contribution is -0.383. The van der Waals surface area contributed by atoms with Gasteiger partial charge in [-0.2, -0.15) is 10.5 Å². The van der Waals surface area contributed by atoms with Crippen LogP contribution in [0.25, 0.3) is 0 Å². The van der Waals surface area contributed by atoms with Crippen LogP contribution in [0.1, 0.15) is 35.3 Å². The first-order valence-corrected chi connectivity index (χ1v) is 9.32. The largest absolute Gasteiger partial charge is 0.461 e. The number of nitro groups is 1. The molecule has 2 rings (SSSR count). The lowest BCUT2D eigenvalue weighted by Gasteiger charge is -2.17. The average molecular weight is 407 g/mol. The summed E-state index contributed by atoms with van der Waals surface area (Å²) in [7, 11) is 0. The number of nitriles is 2. The maximum atomic E-state index is 12.2. The van der Waals surface area contributed by atoms with E-state index in [-0.39, 0.29) is 29.1 Å². The highest BCUT2D eigenvalue weighted by molar-refractivity contribution is 5.90. The Hall–Kier alpha value is -3.95. The van der Waals surface area contributed by atoms with Gasteiger partial charge in [-0.15, -0.1) is 0 Å². The van der Waals surface area contributed by atoms with E-state index in [2.05, 4.69) is 10.2 Å². The van der Waals surface area contributed by atoms with Crippen molar-refractivity contribution in [2.45, 2.75) is 13.8 Å². The van der Waals surface area contributed by atoms with E-state index in [1.54, 1.807) is 30.3 Å². The average Bonchev–Trinajstić information content (AvgIpc) is 2.76. The minimum absolute atomic E-state index is 0.0269. The van der Waals surface area contributed by atoms with Crippen molar-refractivity contribution in [2.24, 2.45) is 0 Å². The van der Waals surface area contributed by atoms with Gasteiger partial charge in [0.25, 0.3) is 5.69 Å². The molecule has 0 aliphatic heterocycles. The summed E-state index contributed by atoms with van der Waals surface area (Å²) in [5, 5.41) is 32.4. The van der Waals surface area contributed by atoms with Gasteiger partial charge in [0.2, 0.25) is 0 Å². The van der Waals surface area contributed by atoms with Crippen LogP contribution in [0.4, 0.5) is 17.1 Å². The summed E-state index contributed by atoms with van der Waals surface area (Å²) >= 11 is 0. The van der Waals surface area contributed by atoms with Crippen LogP contribution < -0.4 is 5.32 Å². The smallest absolute Gasteiger partial charge is 0.338 e. The van der Waals surface area contributed by atoms with Crippen molar-refractivity contribution in [1.82, 2.24) is 4.90 Å². The second kappa shape index (κ2) is 10.6. The van der Waals surface area contributed by atoms with Gasteiger partial charge >= 0.3 is 5.97 Å². The second-order valence-corrected chi connectivity index (χ2v) is 6.26. The zero-order valence-electron chi connectivity index (χ0n) is 16.7. The summed E-state index contributed by atoms with van der Waals surface area (Å²) < 4.78 is 5.27. The first-order valence-electron chi connectivity index (χ1n) is 9.32. The zero-order chi connectivity index (χ0) is 22.1. The minimum atomic E-state index is -0.633. The molecule has 0 fully saturated rings. The van der Waals surface area contributed by atoms with E-state index in [1.807, 2.05) is 19.9 Å². The Kier molecular flexibility index (Phi) is 7.86. The summed E-state index contributed by atoms with van der Waals surface area (Å²) in [5.74, 6) is -0.454. The van der Waals surface area contributed by atoms with Gasteiger partial charge in [-0.3, -0.25) is 10.1 Å². The van der Waals surface area contributed by atoms with Crippen molar-refractivity contribution >= 4 is 23.0 Å². The summed E-state index contributed by atoms with van der Waals surface area (Å²) in [6, 6.07) is 12.2. The Morgan fingerprint density at radius 3 is 2.27 bits per heavy atom. The van der Waals surface area contributed by atoms with Gasteiger partial charge in [-0.25, -0.2) is 4.79 Å². The molecular weight excluding hydrogens is 386 g/mol. The number of carbonyl (C=O) groups is 1. The molecule has 1 N–H and O–H groups in total. The predicted octanol–water partition coefficient (Wildman–Crippen LogP) is 3.58. The molecule has 0 saturated heterocycles. The van der Waals surface area contributed by atoms with Crippen LogP contribution in [0.3, 0.4) is 0 Å². The minimum Gasteiger partial charge on any atom is -0.461 e. The van der Waals surface area contributed by atoms with Crippen LogP contribution in [0.15, 0.2) is 36.4 Å². The Bertz CT molecular complexity index is 1000. The topological polar surface area (TPSA) is 132 Å². The SMILES string of the molecule is CCN(CC)CCOC(=O)c1ccc(Nc2cc(C#N)c(C#N)cc2[N+](=O)[O-])cc1. The summed E-state index contributed by atoms with van der Waals surface area (Å²) in [5.41, 5.74) is 0.533. The molecule has 2 aromatic rings. The number of esters is 1. The standard InChI is InChI=1S/C21H21N5O4/c1-3-25(4-2)9-10-30-21(27)15-5-7-18(8-6-15)24-19-11-16(13-22)17(14-23)12-20(19)26(28)29/h5-8,11-12,24H,3-4,9-10H2,1-2H3. The number of hydrogen-bond acceptors (Lipinski definition) is 8. The van der Waals surface area contributed by atoms with Gasteiger partial charge in [0.1, 0.15) is 24.4 Å². The number of ether oxygens (including phenoxy) is 1.